The molecule has 0 bridgehead atoms. The lowest BCUT2D eigenvalue weighted by atomic mass is 9.83. The Kier molecular flexibility index (Phi) is 3.37. The minimum absolute atomic E-state index is 0.107. The summed E-state index contributed by atoms with van der Waals surface area (Å²) in [6, 6.07) is 11.2. The maximum atomic E-state index is 12.4. The molecule has 1 aromatic carbocycles. The number of amides is 1. The first kappa shape index (κ1) is 14.6. The maximum absolute atomic E-state index is 12.4. The lowest BCUT2D eigenvalue weighted by Gasteiger charge is -2.40. The zero-order chi connectivity index (χ0) is 16.6. The van der Waals surface area contributed by atoms with E-state index in [9.17, 15) is 4.79 Å². The standard InChI is InChI=1S/C17H15N5O2/c1-2-17(10-24-11-17)9-22-8-15(20-21-22)16(23)19-14-7-18-13-6-4-3-5-12(13)14/h7-8,18H,2,9-11H2,1H3,(H,19,23). The molecule has 3 heterocycles. The topological polar surface area (TPSA) is 84.8 Å². The van der Waals surface area contributed by atoms with Crippen LogP contribution in [0.2, 0.25) is 0 Å². The second kappa shape index (κ2) is 5.55. The minimum atomic E-state index is -0.321. The van der Waals surface area contributed by atoms with E-state index in [-0.39, 0.29) is 17.0 Å². The Morgan fingerprint density at radius 3 is 3.04 bits per heavy atom. The molecule has 0 unspecified atom stereocenters. The monoisotopic (exact) mass is 321 g/mol. The third kappa shape index (κ3) is 2.45. The first-order valence-corrected chi connectivity index (χ1v) is 7.72. The molecule has 0 radical (unpaired) electrons. The van der Waals surface area contributed by atoms with Gasteiger partial charge in [0.25, 0.3) is 5.91 Å². The molecule has 1 saturated heterocycles. The van der Waals surface area contributed by atoms with E-state index in [0.29, 0.717) is 23.1 Å². The molecule has 1 amide bonds. The molecule has 3 aromatic rings. The van der Waals surface area contributed by atoms with Gasteiger partial charge in [0, 0.05) is 11.6 Å². The van der Waals surface area contributed by atoms with Crippen LogP contribution in [-0.4, -0.2) is 39.1 Å². The summed E-state index contributed by atoms with van der Waals surface area (Å²) in [4.78, 5) is 15.4. The Bertz CT molecular complexity index is 872. The van der Waals surface area contributed by atoms with Gasteiger partial charge in [0.1, 0.15) is 5.52 Å². The van der Waals surface area contributed by atoms with E-state index in [4.69, 9.17) is 4.74 Å². The quantitative estimate of drug-likeness (QED) is 0.748. The molecule has 1 aliphatic heterocycles. The lowest BCUT2D eigenvalue weighted by molar-refractivity contribution is -0.125. The number of aromatic nitrogens is 4. The fourth-order valence-corrected chi connectivity index (χ4v) is 2.75. The molecule has 2 N–H and O–H groups in total. The minimum Gasteiger partial charge on any atom is -0.380 e. The Balaban J connectivity index is 1.49. The first-order valence-electron chi connectivity index (χ1n) is 7.72. The van der Waals surface area contributed by atoms with E-state index >= 15 is 0 Å². The van der Waals surface area contributed by atoms with Gasteiger partial charge < -0.3 is 15.0 Å². The molecule has 7 heteroatoms. The molecule has 1 aliphatic rings. The van der Waals surface area contributed by atoms with Gasteiger partial charge in [-0.15, -0.1) is 5.10 Å². The smallest absolute Gasteiger partial charge is 0.277 e. The summed E-state index contributed by atoms with van der Waals surface area (Å²) < 4.78 is 7.02. The molecular formula is C17H15N5O2. The molecule has 0 saturated carbocycles. The fourth-order valence-electron chi connectivity index (χ4n) is 2.75. The van der Waals surface area contributed by atoms with Crippen molar-refractivity contribution in [3.05, 3.63) is 42.4 Å². The third-order valence-electron chi connectivity index (χ3n) is 4.40. The zero-order valence-electron chi connectivity index (χ0n) is 13.1. The number of rotatable bonds is 5. The van der Waals surface area contributed by atoms with Gasteiger partial charge in [0.15, 0.2) is 5.69 Å². The Morgan fingerprint density at radius 2 is 2.29 bits per heavy atom. The molecule has 7 nitrogen and oxygen atoms in total. The van der Waals surface area contributed by atoms with Crippen LogP contribution in [0, 0.1) is 29.7 Å². The maximum Gasteiger partial charge on any atom is 0.277 e. The number of hydrogen-bond donors (Lipinski definition) is 2. The fraction of sp³-hybridized carbons (Fsp3) is 0.353. The second-order valence-electron chi connectivity index (χ2n) is 6.05. The van der Waals surface area contributed by atoms with Crippen LogP contribution in [0.3, 0.4) is 0 Å². The van der Waals surface area contributed by atoms with Crippen LogP contribution in [0.4, 0.5) is 5.69 Å². The summed E-state index contributed by atoms with van der Waals surface area (Å²) in [6.45, 7) is 4.27. The molecule has 0 atom stereocenters. The molecule has 120 valence electrons. The molecule has 1 fully saturated rings. The number of carbonyl (C=O) groups is 1. The van der Waals surface area contributed by atoms with Crippen molar-refractivity contribution in [3.63, 3.8) is 0 Å². The number of fused-ring (bicyclic) bond motifs is 1. The van der Waals surface area contributed by atoms with Crippen LogP contribution >= 0.6 is 0 Å². The SMILES string of the molecule is CCC1(Cn2cc(C(=O)Nc3c[nH]c4c#cc#cc34)nn2)COC1. The van der Waals surface area contributed by atoms with E-state index in [0.717, 1.165) is 19.6 Å². The highest BCUT2D eigenvalue weighted by molar-refractivity contribution is 6.07. The first-order chi connectivity index (χ1) is 11.7. The van der Waals surface area contributed by atoms with Gasteiger partial charge in [0.2, 0.25) is 0 Å². The van der Waals surface area contributed by atoms with E-state index in [1.165, 1.54) is 0 Å². The normalized spacial score (nSPS) is 15.4. The summed E-state index contributed by atoms with van der Waals surface area (Å²) in [5, 5.41) is 11.5. The number of nitrogens with one attached hydrogen (secondary N) is 2. The molecule has 0 spiro atoms. The highest BCUT2D eigenvalue weighted by Gasteiger charge is 2.37. The Morgan fingerprint density at radius 1 is 1.46 bits per heavy atom. The highest BCUT2D eigenvalue weighted by atomic mass is 16.5. The Labute approximate surface area is 139 Å². The average molecular weight is 321 g/mol. The van der Waals surface area contributed by atoms with Gasteiger partial charge in [-0.1, -0.05) is 12.1 Å². The number of nitrogens with zero attached hydrogens (tertiary/aromatic N) is 3. The summed E-state index contributed by atoms with van der Waals surface area (Å²) in [5.74, 6) is -0.321. The number of ether oxygens (including phenoxy) is 1. The van der Waals surface area contributed by atoms with Crippen LogP contribution in [0.15, 0.2) is 12.4 Å². The lowest BCUT2D eigenvalue weighted by Crippen LogP contribution is -2.45. The zero-order valence-corrected chi connectivity index (χ0v) is 13.1. The average Bonchev–Trinajstić information content (AvgIpc) is 3.18. The predicted octanol–water partition coefficient (Wildman–Crippen LogP) is 1.64. The van der Waals surface area contributed by atoms with E-state index in [1.807, 2.05) is 0 Å². The van der Waals surface area contributed by atoms with Gasteiger partial charge in [-0.25, -0.2) is 0 Å². The highest BCUT2D eigenvalue weighted by Crippen LogP contribution is 2.32. The number of aromatic amines is 1. The largest absolute Gasteiger partial charge is 0.380 e. The molecule has 2 aromatic heterocycles. The molecule has 4 rings (SSSR count). The van der Waals surface area contributed by atoms with Gasteiger partial charge in [-0.05, 0) is 30.7 Å². The summed E-state index contributed by atoms with van der Waals surface area (Å²) >= 11 is 0. The van der Waals surface area contributed by atoms with Crippen LogP contribution in [0.25, 0.3) is 10.9 Å². The van der Waals surface area contributed by atoms with Crippen LogP contribution in [-0.2, 0) is 11.3 Å². The summed E-state index contributed by atoms with van der Waals surface area (Å²) in [5.41, 5.74) is 1.69. The number of carbonyl (C=O) groups excluding carboxylic acids is 1. The van der Waals surface area contributed by atoms with Crippen LogP contribution in [0.1, 0.15) is 23.8 Å². The van der Waals surface area contributed by atoms with Crippen molar-refractivity contribution in [1.29, 1.82) is 0 Å². The van der Waals surface area contributed by atoms with Gasteiger partial charge in [0.05, 0.1) is 37.0 Å². The van der Waals surface area contributed by atoms with Crippen molar-refractivity contribution >= 4 is 22.5 Å². The van der Waals surface area contributed by atoms with Crippen molar-refractivity contribution in [2.24, 2.45) is 5.41 Å². The molecule has 24 heavy (non-hydrogen) atoms. The summed E-state index contributed by atoms with van der Waals surface area (Å²) in [6.07, 6.45) is 4.35. The van der Waals surface area contributed by atoms with Crippen LogP contribution in [0.5, 0.6) is 0 Å². The van der Waals surface area contributed by atoms with Crippen molar-refractivity contribution in [2.45, 2.75) is 19.9 Å². The second-order valence-corrected chi connectivity index (χ2v) is 6.05. The van der Waals surface area contributed by atoms with Crippen molar-refractivity contribution in [3.8, 4) is 0 Å². The number of anilines is 1. The van der Waals surface area contributed by atoms with Gasteiger partial charge in [-0.2, -0.15) is 0 Å². The van der Waals surface area contributed by atoms with E-state index in [2.05, 4.69) is 51.8 Å². The summed E-state index contributed by atoms with van der Waals surface area (Å²) in [7, 11) is 0. The molecule has 0 aliphatic carbocycles. The Hall–Kier alpha value is -3.03. The number of hydrogen-bond acceptors (Lipinski definition) is 4. The van der Waals surface area contributed by atoms with Crippen molar-refractivity contribution < 1.29 is 9.53 Å². The number of H-pyrrole nitrogens is 1. The van der Waals surface area contributed by atoms with E-state index in [1.54, 1.807) is 17.1 Å². The third-order valence-corrected chi connectivity index (χ3v) is 4.40. The predicted molar refractivity (Wildman–Crippen MR) is 85.2 cm³/mol. The van der Waals surface area contributed by atoms with Gasteiger partial charge >= 0.3 is 0 Å². The van der Waals surface area contributed by atoms with E-state index < -0.39 is 0 Å². The van der Waals surface area contributed by atoms with Crippen molar-refractivity contribution in [2.75, 3.05) is 18.5 Å². The molecular weight excluding hydrogens is 306 g/mol. The van der Waals surface area contributed by atoms with Crippen LogP contribution < -0.4 is 5.32 Å². The van der Waals surface area contributed by atoms with Gasteiger partial charge in [-0.3, -0.25) is 9.48 Å². The van der Waals surface area contributed by atoms with Crippen molar-refractivity contribution in [1.82, 2.24) is 20.0 Å².